The van der Waals surface area contributed by atoms with Crippen LogP contribution in [0.1, 0.15) is 25.8 Å². The third-order valence-electron chi connectivity index (χ3n) is 3.64. The summed E-state index contributed by atoms with van der Waals surface area (Å²) in [4.78, 5) is 3.69. The highest BCUT2D eigenvalue weighted by atomic mass is 35.5. The lowest BCUT2D eigenvalue weighted by atomic mass is 9.70. The van der Waals surface area contributed by atoms with Gasteiger partial charge in [0.1, 0.15) is 0 Å². The second-order valence-electron chi connectivity index (χ2n) is 4.64. The predicted octanol–water partition coefficient (Wildman–Crippen LogP) is 3.19. The summed E-state index contributed by atoms with van der Waals surface area (Å²) in [7, 11) is 0. The van der Waals surface area contributed by atoms with Gasteiger partial charge in [0, 0.05) is 30.4 Å². The van der Waals surface area contributed by atoms with Crippen LogP contribution in [0.15, 0.2) is 12.3 Å². The molecule has 0 aromatic carbocycles. The molecule has 0 N–H and O–H groups in total. The van der Waals surface area contributed by atoms with Crippen LogP contribution in [-0.4, -0.2) is 18.2 Å². The number of pyridine rings is 1. The predicted molar refractivity (Wildman–Crippen MR) is 61.2 cm³/mol. The average Bonchev–Trinajstić information content (AvgIpc) is 2.26. The normalized spacial score (nSPS) is 30.4. The molecule has 88 valence electrons. The van der Waals surface area contributed by atoms with Crippen LogP contribution < -0.4 is 0 Å². The minimum absolute atomic E-state index is 0.236. The molecule has 1 aromatic rings. The Hall–Kier alpha value is -0.670. The first-order valence-electron chi connectivity index (χ1n) is 5.43. The third kappa shape index (κ3) is 1.94. The Kier molecular flexibility index (Phi) is 3.17. The maximum atomic E-state index is 13.8. The Labute approximate surface area is 99.8 Å². The van der Waals surface area contributed by atoms with Crippen LogP contribution in [0, 0.1) is 11.9 Å². The van der Waals surface area contributed by atoms with E-state index >= 15 is 0 Å². The highest BCUT2D eigenvalue weighted by molar-refractivity contribution is 6.30. The lowest BCUT2D eigenvalue weighted by Gasteiger charge is -2.39. The van der Waals surface area contributed by atoms with Gasteiger partial charge >= 0.3 is 0 Å². The molecule has 1 aliphatic heterocycles. The van der Waals surface area contributed by atoms with Crippen molar-refractivity contribution in [3.63, 3.8) is 0 Å². The van der Waals surface area contributed by atoms with Crippen LogP contribution in [0.3, 0.4) is 0 Å². The molecule has 1 aromatic heterocycles. The largest absolute Gasteiger partial charge is 0.381 e. The summed E-state index contributed by atoms with van der Waals surface area (Å²) in [6.45, 7) is 5.44. The Morgan fingerprint density at radius 1 is 1.62 bits per heavy atom. The van der Waals surface area contributed by atoms with Crippen LogP contribution in [-0.2, 0) is 10.2 Å². The number of halogens is 2. The van der Waals surface area contributed by atoms with Crippen molar-refractivity contribution in [1.29, 1.82) is 0 Å². The fourth-order valence-corrected chi connectivity index (χ4v) is 2.36. The summed E-state index contributed by atoms with van der Waals surface area (Å²) in [5, 5.41) is 0.483. The van der Waals surface area contributed by atoms with Crippen LogP contribution in [0.5, 0.6) is 0 Å². The summed E-state index contributed by atoms with van der Waals surface area (Å²) >= 11 is 5.89. The molecule has 4 heteroatoms. The lowest BCUT2D eigenvalue weighted by molar-refractivity contribution is 0.0110. The van der Waals surface area contributed by atoms with E-state index in [0.717, 1.165) is 6.42 Å². The first-order valence-corrected chi connectivity index (χ1v) is 5.81. The summed E-state index contributed by atoms with van der Waals surface area (Å²) < 4.78 is 19.2. The molecule has 2 nitrogen and oxygen atoms in total. The zero-order valence-electron chi connectivity index (χ0n) is 9.46. The van der Waals surface area contributed by atoms with Gasteiger partial charge in [-0.25, -0.2) is 4.98 Å². The van der Waals surface area contributed by atoms with E-state index in [1.165, 1.54) is 6.20 Å². The van der Waals surface area contributed by atoms with Crippen molar-refractivity contribution in [3.8, 4) is 0 Å². The maximum Gasteiger partial charge on any atom is 0.216 e. The van der Waals surface area contributed by atoms with E-state index in [0.29, 0.717) is 23.8 Å². The quantitative estimate of drug-likeness (QED) is 0.707. The monoisotopic (exact) mass is 243 g/mol. The number of hydrogen-bond acceptors (Lipinski definition) is 2. The topological polar surface area (TPSA) is 22.1 Å². The van der Waals surface area contributed by atoms with Crippen LogP contribution in [0.2, 0.25) is 5.02 Å². The van der Waals surface area contributed by atoms with Crippen molar-refractivity contribution in [1.82, 2.24) is 4.98 Å². The number of hydrogen-bond donors (Lipinski definition) is 0. The SMILES string of the molecule is CC1COCCC1(C)c1cc(Cl)cnc1F. The molecule has 2 heterocycles. The second-order valence-corrected chi connectivity index (χ2v) is 5.07. The summed E-state index contributed by atoms with van der Waals surface area (Å²) in [6, 6.07) is 1.69. The first kappa shape index (κ1) is 11.8. The number of aromatic nitrogens is 1. The zero-order chi connectivity index (χ0) is 11.8. The lowest BCUT2D eigenvalue weighted by Crippen LogP contribution is -2.39. The van der Waals surface area contributed by atoms with E-state index in [4.69, 9.17) is 16.3 Å². The van der Waals surface area contributed by atoms with E-state index in [1.54, 1.807) is 6.07 Å². The summed E-state index contributed by atoms with van der Waals surface area (Å²) in [5.41, 5.74) is 0.371. The molecule has 1 fully saturated rings. The minimum Gasteiger partial charge on any atom is -0.381 e. The van der Waals surface area contributed by atoms with Gasteiger partial charge in [-0.05, 0) is 18.4 Å². The number of rotatable bonds is 1. The fourth-order valence-electron chi connectivity index (χ4n) is 2.20. The Morgan fingerprint density at radius 3 is 3.06 bits per heavy atom. The van der Waals surface area contributed by atoms with Gasteiger partial charge in [0.2, 0.25) is 5.95 Å². The van der Waals surface area contributed by atoms with Crippen molar-refractivity contribution in [2.24, 2.45) is 5.92 Å². The second kappa shape index (κ2) is 4.30. The molecule has 0 bridgehead atoms. The van der Waals surface area contributed by atoms with Crippen LogP contribution in [0.25, 0.3) is 0 Å². The number of ether oxygens (including phenoxy) is 1. The van der Waals surface area contributed by atoms with Gasteiger partial charge in [0.25, 0.3) is 0 Å². The van der Waals surface area contributed by atoms with E-state index in [-0.39, 0.29) is 11.3 Å². The first-order chi connectivity index (χ1) is 7.54. The van der Waals surface area contributed by atoms with Gasteiger partial charge in [-0.1, -0.05) is 25.4 Å². The third-order valence-corrected chi connectivity index (χ3v) is 3.85. The van der Waals surface area contributed by atoms with Crippen molar-refractivity contribution in [3.05, 3.63) is 28.8 Å². The summed E-state index contributed by atoms with van der Waals surface area (Å²) in [5.74, 6) is -0.156. The minimum atomic E-state index is -0.416. The molecule has 0 saturated carbocycles. The highest BCUT2D eigenvalue weighted by Gasteiger charge is 2.38. The van der Waals surface area contributed by atoms with Crippen molar-refractivity contribution >= 4 is 11.6 Å². The average molecular weight is 244 g/mol. The molecular weight excluding hydrogens is 229 g/mol. The van der Waals surface area contributed by atoms with Crippen LogP contribution >= 0.6 is 11.6 Å². The van der Waals surface area contributed by atoms with Gasteiger partial charge in [-0.3, -0.25) is 0 Å². The molecule has 0 radical (unpaired) electrons. The molecule has 0 spiro atoms. The van der Waals surface area contributed by atoms with Gasteiger partial charge in [-0.2, -0.15) is 4.39 Å². The van der Waals surface area contributed by atoms with E-state index in [9.17, 15) is 4.39 Å². The maximum absolute atomic E-state index is 13.8. The Morgan fingerprint density at radius 2 is 2.38 bits per heavy atom. The van der Waals surface area contributed by atoms with E-state index < -0.39 is 5.95 Å². The molecular formula is C12H15ClFNO. The van der Waals surface area contributed by atoms with E-state index in [1.807, 2.05) is 0 Å². The smallest absolute Gasteiger partial charge is 0.216 e. The van der Waals surface area contributed by atoms with Gasteiger partial charge < -0.3 is 4.74 Å². The van der Waals surface area contributed by atoms with Crippen LogP contribution in [0.4, 0.5) is 4.39 Å². The molecule has 16 heavy (non-hydrogen) atoms. The molecule has 2 unspecified atom stereocenters. The molecule has 2 rings (SSSR count). The molecule has 0 aliphatic carbocycles. The van der Waals surface area contributed by atoms with Gasteiger partial charge in [-0.15, -0.1) is 0 Å². The molecule has 1 aliphatic rings. The fraction of sp³-hybridized carbons (Fsp3) is 0.583. The molecule has 0 amide bonds. The van der Waals surface area contributed by atoms with Gasteiger partial charge in [0.05, 0.1) is 5.02 Å². The molecule has 2 atom stereocenters. The molecule has 1 saturated heterocycles. The van der Waals surface area contributed by atoms with Crippen molar-refractivity contribution < 1.29 is 9.13 Å². The van der Waals surface area contributed by atoms with Gasteiger partial charge in [0.15, 0.2) is 0 Å². The standard InChI is InChI=1S/C12H15ClFNO/c1-8-7-16-4-3-12(8,2)10-5-9(13)6-15-11(10)14/h5-6,8H,3-4,7H2,1-2H3. The van der Waals surface area contributed by atoms with E-state index in [2.05, 4.69) is 18.8 Å². The zero-order valence-corrected chi connectivity index (χ0v) is 10.2. The summed E-state index contributed by atoms with van der Waals surface area (Å²) in [6.07, 6.45) is 2.14. The highest BCUT2D eigenvalue weighted by Crippen LogP contribution is 2.39. The Balaban J connectivity index is 2.44. The van der Waals surface area contributed by atoms with Crippen molar-refractivity contribution in [2.75, 3.05) is 13.2 Å². The Bertz CT molecular complexity index is 399. The van der Waals surface area contributed by atoms with Crippen molar-refractivity contribution in [2.45, 2.75) is 25.7 Å². The number of nitrogens with zero attached hydrogens (tertiary/aromatic N) is 1.